The number of hydrogen-bond acceptors (Lipinski definition) is 9. The molecular weight excluding hydrogens is 452 g/mol. The highest BCUT2D eigenvalue weighted by Gasteiger charge is 2.17. The van der Waals surface area contributed by atoms with Crippen LogP contribution in [0.5, 0.6) is 5.75 Å². The summed E-state index contributed by atoms with van der Waals surface area (Å²) >= 11 is 0. The Hall–Kier alpha value is -4.24. The third-order valence-electron chi connectivity index (χ3n) is 5.96. The van der Waals surface area contributed by atoms with E-state index in [0.717, 1.165) is 47.9 Å². The minimum absolute atomic E-state index is 0.336. The van der Waals surface area contributed by atoms with Crippen LogP contribution in [0.15, 0.2) is 67.3 Å². The van der Waals surface area contributed by atoms with Crippen molar-refractivity contribution < 1.29 is 4.74 Å². The minimum atomic E-state index is 0.336. The van der Waals surface area contributed by atoms with Gasteiger partial charge in [-0.05, 0) is 49.0 Å². The average Bonchev–Trinajstić information content (AvgIpc) is 2.89. The third kappa shape index (κ3) is 6.25. The van der Waals surface area contributed by atoms with E-state index in [-0.39, 0.29) is 0 Å². The van der Waals surface area contributed by atoms with Gasteiger partial charge in [0.05, 0.1) is 5.69 Å². The molecule has 2 aromatic heterocycles. The lowest BCUT2D eigenvalue weighted by atomic mass is 10.0. The van der Waals surface area contributed by atoms with E-state index >= 15 is 0 Å². The number of anilines is 4. The maximum Gasteiger partial charge on any atom is 0.229 e. The number of nitrogen functional groups attached to an aromatic ring is 2. The molecule has 36 heavy (non-hydrogen) atoms. The van der Waals surface area contributed by atoms with Crippen molar-refractivity contribution in [2.75, 3.05) is 43.0 Å². The largest absolute Gasteiger partial charge is 0.492 e. The van der Waals surface area contributed by atoms with Crippen molar-refractivity contribution in [2.45, 2.75) is 20.3 Å². The second kappa shape index (κ2) is 11.9. The van der Waals surface area contributed by atoms with Gasteiger partial charge in [0.25, 0.3) is 0 Å². The Balaban J connectivity index is 1.55. The zero-order valence-corrected chi connectivity index (χ0v) is 20.7. The van der Waals surface area contributed by atoms with Crippen molar-refractivity contribution in [3.8, 4) is 16.9 Å². The first-order valence-electron chi connectivity index (χ1n) is 12.0. The van der Waals surface area contributed by atoms with Crippen molar-refractivity contribution in [3.63, 3.8) is 0 Å². The molecule has 0 fully saturated rings. The molecule has 4 aromatic rings. The van der Waals surface area contributed by atoms with E-state index in [4.69, 9.17) is 21.2 Å². The summed E-state index contributed by atoms with van der Waals surface area (Å²) in [6.07, 6.45) is 5.36. The van der Waals surface area contributed by atoms with Crippen molar-refractivity contribution in [3.05, 3.63) is 78.5 Å². The second-order valence-corrected chi connectivity index (χ2v) is 8.28. The smallest absolute Gasteiger partial charge is 0.229 e. The van der Waals surface area contributed by atoms with Crippen LogP contribution in [-0.4, -0.2) is 51.1 Å². The van der Waals surface area contributed by atoms with Crippen LogP contribution in [-0.2, 0) is 6.42 Å². The maximum atomic E-state index is 6.42. The van der Waals surface area contributed by atoms with Crippen LogP contribution in [0.1, 0.15) is 25.1 Å². The van der Waals surface area contributed by atoms with Gasteiger partial charge in [-0.1, -0.05) is 32.0 Å². The molecule has 2 heterocycles. The topological polar surface area (TPSA) is 128 Å². The molecule has 0 saturated carbocycles. The van der Waals surface area contributed by atoms with Crippen molar-refractivity contribution >= 4 is 23.1 Å². The highest BCUT2D eigenvalue weighted by molar-refractivity contribution is 5.77. The van der Waals surface area contributed by atoms with E-state index in [1.165, 1.54) is 6.33 Å². The zero-order valence-electron chi connectivity index (χ0n) is 20.7. The molecule has 0 spiro atoms. The van der Waals surface area contributed by atoms with Crippen molar-refractivity contribution in [1.29, 1.82) is 0 Å². The number of ether oxygens (including phenoxy) is 1. The Bertz CT molecular complexity index is 1260. The maximum absolute atomic E-state index is 6.42. The molecule has 186 valence electrons. The fraction of sp³-hybridized carbons (Fsp3) is 0.259. The Morgan fingerprint density at radius 1 is 0.917 bits per heavy atom. The lowest BCUT2D eigenvalue weighted by Crippen LogP contribution is -2.27. The Morgan fingerprint density at radius 2 is 1.64 bits per heavy atom. The molecular formula is C27H32N8O. The molecule has 0 radical (unpaired) electrons. The number of hydrogen-bond donors (Lipinski definition) is 3. The first-order valence-corrected chi connectivity index (χ1v) is 12.0. The molecule has 5 N–H and O–H groups in total. The molecule has 0 bridgehead atoms. The summed E-state index contributed by atoms with van der Waals surface area (Å²) in [7, 11) is 0. The number of para-hydroxylation sites is 1. The van der Waals surface area contributed by atoms with Crippen LogP contribution in [0.2, 0.25) is 0 Å². The predicted octanol–water partition coefficient (Wildman–Crippen LogP) is 4.15. The molecule has 4 rings (SSSR count). The Labute approximate surface area is 211 Å². The van der Waals surface area contributed by atoms with Gasteiger partial charge < -0.3 is 26.4 Å². The van der Waals surface area contributed by atoms with E-state index in [0.29, 0.717) is 36.0 Å². The summed E-state index contributed by atoms with van der Waals surface area (Å²) in [4.78, 5) is 19.9. The molecule has 2 aromatic carbocycles. The molecule has 0 aliphatic rings. The molecule has 9 nitrogen and oxygen atoms in total. The van der Waals surface area contributed by atoms with E-state index in [2.05, 4.69) is 39.0 Å². The van der Waals surface area contributed by atoms with Gasteiger partial charge in [0.15, 0.2) is 0 Å². The number of aromatic nitrogens is 4. The number of nitrogens with zero attached hydrogens (tertiary/aromatic N) is 5. The van der Waals surface area contributed by atoms with Gasteiger partial charge in [-0.25, -0.2) is 15.0 Å². The van der Waals surface area contributed by atoms with Crippen LogP contribution < -0.4 is 21.5 Å². The normalized spacial score (nSPS) is 11.0. The first kappa shape index (κ1) is 24.9. The number of nitrogens with two attached hydrogens (primary N) is 2. The molecule has 0 aliphatic carbocycles. The van der Waals surface area contributed by atoms with Gasteiger partial charge >= 0.3 is 0 Å². The van der Waals surface area contributed by atoms with Gasteiger partial charge in [-0.2, -0.15) is 4.98 Å². The van der Waals surface area contributed by atoms with Gasteiger partial charge in [-0.15, -0.1) is 0 Å². The fourth-order valence-electron chi connectivity index (χ4n) is 3.92. The SMILES string of the molecule is CCN(CC)CCOc1ccc(Nc2nc(N)c(-c3cncnc3)c(Cc3ccccc3N)n2)cc1. The summed E-state index contributed by atoms with van der Waals surface area (Å²) in [5.74, 6) is 1.55. The van der Waals surface area contributed by atoms with Crippen LogP contribution in [0.3, 0.4) is 0 Å². The molecule has 0 atom stereocenters. The van der Waals surface area contributed by atoms with Crippen LogP contribution in [0, 0.1) is 0 Å². The number of nitrogens with one attached hydrogen (secondary N) is 1. The number of likely N-dealkylation sites (N-methyl/N-ethyl adjacent to an activating group) is 1. The van der Waals surface area contributed by atoms with Gasteiger partial charge in [0.1, 0.15) is 24.5 Å². The molecule has 0 saturated heterocycles. The fourth-order valence-corrected chi connectivity index (χ4v) is 3.92. The van der Waals surface area contributed by atoms with Gasteiger partial charge in [-0.3, -0.25) is 0 Å². The third-order valence-corrected chi connectivity index (χ3v) is 5.96. The average molecular weight is 485 g/mol. The monoisotopic (exact) mass is 484 g/mol. The number of rotatable bonds is 11. The van der Waals surface area contributed by atoms with Crippen LogP contribution >= 0.6 is 0 Å². The van der Waals surface area contributed by atoms with Gasteiger partial charge in [0.2, 0.25) is 5.95 Å². The van der Waals surface area contributed by atoms with E-state index < -0.39 is 0 Å². The minimum Gasteiger partial charge on any atom is -0.492 e. The summed E-state index contributed by atoms with van der Waals surface area (Å²) in [5, 5.41) is 3.26. The lowest BCUT2D eigenvalue weighted by Gasteiger charge is -2.18. The van der Waals surface area contributed by atoms with E-state index in [1.807, 2.05) is 48.5 Å². The molecule has 9 heteroatoms. The molecule has 0 amide bonds. The van der Waals surface area contributed by atoms with Crippen LogP contribution in [0.4, 0.5) is 23.1 Å². The van der Waals surface area contributed by atoms with Gasteiger partial charge in [0, 0.05) is 47.9 Å². The Kier molecular flexibility index (Phi) is 8.25. The highest BCUT2D eigenvalue weighted by atomic mass is 16.5. The summed E-state index contributed by atoms with van der Waals surface area (Å²) in [5.41, 5.74) is 17.3. The van der Waals surface area contributed by atoms with E-state index in [9.17, 15) is 0 Å². The highest BCUT2D eigenvalue weighted by Crippen LogP contribution is 2.31. The van der Waals surface area contributed by atoms with Crippen molar-refractivity contribution in [2.24, 2.45) is 0 Å². The summed E-state index contributed by atoms with van der Waals surface area (Å²) < 4.78 is 5.88. The van der Waals surface area contributed by atoms with Crippen molar-refractivity contribution in [1.82, 2.24) is 24.8 Å². The summed E-state index contributed by atoms with van der Waals surface area (Å²) in [6, 6.07) is 15.4. The standard InChI is InChI=1S/C27H32N8O/c1-3-35(4-2)13-14-36-22-11-9-21(10-12-22)32-27-33-24(15-19-7-5-6-8-23(19)28)25(26(29)34-27)20-16-30-18-31-17-20/h5-12,16-18H,3-4,13-15,28H2,1-2H3,(H3,29,32,33,34). The van der Waals surface area contributed by atoms with E-state index in [1.54, 1.807) is 12.4 Å². The Morgan fingerprint density at radius 3 is 2.33 bits per heavy atom. The molecule has 0 aliphatic heterocycles. The quantitative estimate of drug-likeness (QED) is 0.269. The second-order valence-electron chi connectivity index (χ2n) is 8.28. The predicted molar refractivity (Wildman–Crippen MR) is 144 cm³/mol. The molecule has 0 unspecified atom stereocenters. The van der Waals surface area contributed by atoms with Crippen LogP contribution in [0.25, 0.3) is 11.1 Å². The number of benzene rings is 2. The lowest BCUT2D eigenvalue weighted by molar-refractivity contribution is 0.223. The first-order chi connectivity index (χ1) is 17.6. The summed E-state index contributed by atoms with van der Waals surface area (Å²) in [6.45, 7) is 7.87. The zero-order chi connectivity index (χ0) is 25.3.